The van der Waals surface area contributed by atoms with E-state index in [1.165, 1.54) is 75.0 Å². The molecule has 0 amide bonds. The van der Waals surface area contributed by atoms with Crippen molar-refractivity contribution in [3.63, 3.8) is 0 Å². The van der Waals surface area contributed by atoms with E-state index >= 15 is 0 Å². The summed E-state index contributed by atoms with van der Waals surface area (Å²) in [7, 11) is 0. The number of thiophene rings is 1. The molecule has 294 valence electrons. The highest BCUT2D eigenvalue weighted by Gasteiger charge is 2.21. The molecule has 4 aromatic heterocycles. The third-order valence-corrected chi connectivity index (χ3v) is 13.7. The molecule has 4 heterocycles. The van der Waals surface area contributed by atoms with Crippen LogP contribution in [-0.4, -0.2) is 24.1 Å². The van der Waals surface area contributed by atoms with Crippen LogP contribution in [-0.2, 0) is 0 Å². The van der Waals surface area contributed by atoms with Gasteiger partial charge in [-0.1, -0.05) is 170 Å². The van der Waals surface area contributed by atoms with Gasteiger partial charge >= 0.3 is 0 Å². The number of aromatic nitrogens is 5. The molecular formula is C57H35N5S. The van der Waals surface area contributed by atoms with Crippen molar-refractivity contribution in [1.82, 2.24) is 24.1 Å². The molecule has 0 N–H and O–H groups in total. The van der Waals surface area contributed by atoms with Crippen molar-refractivity contribution in [2.75, 3.05) is 0 Å². The van der Waals surface area contributed by atoms with Gasteiger partial charge in [0.25, 0.3) is 0 Å². The lowest BCUT2D eigenvalue weighted by atomic mass is 10.00. The van der Waals surface area contributed by atoms with Crippen LogP contribution in [0.25, 0.3) is 120 Å². The Kier molecular flexibility index (Phi) is 8.01. The molecule has 0 radical (unpaired) electrons. The number of benzene rings is 9. The quantitative estimate of drug-likeness (QED) is 0.168. The summed E-state index contributed by atoms with van der Waals surface area (Å²) in [5, 5.41) is 7.46. The lowest BCUT2D eigenvalue weighted by molar-refractivity contribution is 1.07. The van der Waals surface area contributed by atoms with Gasteiger partial charge in [0, 0.05) is 65.0 Å². The van der Waals surface area contributed by atoms with E-state index in [2.05, 4.69) is 161 Å². The lowest BCUT2D eigenvalue weighted by Gasteiger charge is -2.13. The van der Waals surface area contributed by atoms with Crippen molar-refractivity contribution in [2.45, 2.75) is 0 Å². The molecule has 0 aliphatic carbocycles. The highest BCUT2D eigenvalue weighted by Crippen LogP contribution is 2.46. The van der Waals surface area contributed by atoms with Gasteiger partial charge in [-0.05, 0) is 48.0 Å². The number of para-hydroxylation sites is 4. The SMILES string of the molecule is c1ccc(-c2nc(-c3ccccc3)nc(-c3ccc(-c4cc(-n5c6ccccc6c6ccccc65)cc5c4sc4c(-n6c7ccccc7c7ccccc76)cccc45)cc3)n2)cc1. The van der Waals surface area contributed by atoms with Crippen molar-refractivity contribution in [1.29, 1.82) is 0 Å². The summed E-state index contributed by atoms with van der Waals surface area (Å²) in [6.45, 7) is 0. The number of rotatable bonds is 6. The van der Waals surface area contributed by atoms with E-state index < -0.39 is 0 Å². The fourth-order valence-electron chi connectivity index (χ4n) is 9.51. The summed E-state index contributed by atoms with van der Waals surface area (Å²) >= 11 is 1.87. The summed E-state index contributed by atoms with van der Waals surface area (Å²) in [5.41, 5.74) is 12.2. The van der Waals surface area contributed by atoms with Crippen LogP contribution in [0.3, 0.4) is 0 Å². The average Bonchev–Trinajstić information content (AvgIpc) is 4.02. The molecule has 0 saturated heterocycles. The topological polar surface area (TPSA) is 48.5 Å². The second kappa shape index (κ2) is 14.2. The Morgan fingerprint density at radius 1 is 0.302 bits per heavy atom. The predicted octanol–water partition coefficient (Wildman–Crippen LogP) is 15.1. The molecule has 5 nitrogen and oxygen atoms in total. The Bertz CT molecular complexity index is 3740. The van der Waals surface area contributed by atoms with E-state index in [4.69, 9.17) is 15.0 Å². The predicted molar refractivity (Wildman–Crippen MR) is 263 cm³/mol. The Morgan fingerprint density at radius 3 is 1.22 bits per heavy atom. The summed E-state index contributed by atoms with van der Waals surface area (Å²) in [4.78, 5) is 15.0. The van der Waals surface area contributed by atoms with Crippen LogP contribution in [0.15, 0.2) is 212 Å². The number of hydrogen-bond acceptors (Lipinski definition) is 4. The molecule has 13 aromatic rings. The molecule has 0 aliphatic heterocycles. The molecule has 0 fully saturated rings. The second-order valence-electron chi connectivity index (χ2n) is 16.0. The van der Waals surface area contributed by atoms with Crippen LogP contribution in [0.2, 0.25) is 0 Å². The molecule has 13 rings (SSSR count). The van der Waals surface area contributed by atoms with Gasteiger partial charge in [-0.15, -0.1) is 11.3 Å². The van der Waals surface area contributed by atoms with Gasteiger partial charge in [-0.25, -0.2) is 15.0 Å². The van der Waals surface area contributed by atoms with Crippen LogP contribution in [0.5, 0.6) is 0 Å². The van der Waals surface area contributed by atoms with Gasteiger partial charge in [0.05, 0.1) is 32.5 Å². The minimum atomic E-state index is 0.635. The molecule has 6 heteroatoms. The fraction of sp³-hybridized carbons (Fsp3) is 0. The van der Waals surface area contributed by atoms with Gasteiger partial charge in [-0.2, -0.15) is 0 Å². The van der Waals surface area contributed by atoms with Crippen molar-refractivity contribution in [3.8, 4) is 56.7 Å². The van der Waals surface area contributed by atoms with Crippen molar-refractivity contribution >= 4 is 75.1 Å². The second-order valence-corrected chi connectivity index (χ2v) is 17.0. The largest absolute Gasteiger partial charge is 0.309 e. The Balaban J connectivity index is 1.05. The van der Waals surface area contributed by atoms with E-state index in [0.29, 0.717) is 17.5 Å². The van der Waals surface area contributed by atoms with Gasteiger partial charge in [0.1, 0.15) is 0 Å². The van der Waals surface area contributed by atoms with Crippen molar-refractivity contribution in [2.24, 2.45) is 0 Å². The van der Waals surface area contributed by atoms with E-state index in [0.717, 1.165) is 27.9 Å². The van der Waals surface area contributed by atoms with Crippen molar-refractivity contribution < 1.29 is 0 Å². The first kappa shape index (κ1) is 35.6. The number of fused-ring (bicyclic) bond motifs is 9. The molecule has 0 bridgehead atoms. The minimum Gasteiger partial charge on any atom is -0.309 e. The fourth-order valence-corrected chi connectivity index (χ4v) is 10.8. The third-order valence-electron chi connectivity index (χ3n) is 12.4. The molecule has 63 heavy (non-hydrogen) atoms. The highest BCUT2D eigenvalue weighted by atomic mass is 32.1. The first-order chi connectivity index (χ1) is 31.2. The molecule has 9 aromatic carbocycles. The standard InChI is InChI=1S/C57H35N5S/c1-3-16-37(17-4-1)55-58-56(38-18-5-2-6-19-38)60-57(59-55)39-32-30-36(31-33-39)46-34-40(61-48-25-11-7-20-41(48)42-21-8-12-26-49(42)61)35-47-45-24-15-29-52(54(45)63-53(46)47)62-50-27-13-9-22-43(50)44-23-10-14-28-51(44)62/h1-35H. The first-order valence-electron chi connectivity index (χ1n) is 21.2. The van der Waals surface area contributed by atoms with Gasteiger partial charge < -0.3 is 9.13 Å². The maximum atomic E-state index is 5.04. The number of hydrogen-bond donors (Lipinski definition) is 0. The minimum absolute atomic E-state index is 0.635. The van der Waals surface area contributed by atoms with Gasteiger partial charge in [-0.3, -0.25) is 0 Å². The lowest BCUT2D eigenvalue weighted by Crippen LogP contribution is -2.00. The summed E-state index contributed by atoms with van der Waals surface area (Å²) < 4.78 is 7.38. The number of nitrogens with zero attached hydrogens (tertiary/aromatic N) is 5. The van der Waals surface area contributed by atoms with Crippen LogP contribution >= 0.6 is 11.3 Å². The Morgan fingerprint density at radius 2 is 0.714 bits per heavy atom. The maximum Gasteiger partial charge on any atom is 0.164 e. The summed E-state index contributed by atoms with van der Waals surface area (Å²) in [6, 6.07) is 75.6. The average molecular weight is 822 g/mol. The highest BCUT2D eigenvalue weighted by molar-refractivity contribution is 7.26. The normalized spacial score (nSPS) is 11.8. The van der Waals surface area contributed by atoms with E-state index in [-0.39, 0.29) is 0 Å². The zero-order valence-electron chi connectivity index (χ0n) is 33.9. The van der Waals surface area contributed by atoms with Crippen LogP contribution < -0.4 is 0 Å². The Hall–Kier alpha value is -8.19. The molecule has 0 atom stereocenters. The van der Waals surface area contributed by atoms with Crippen LogP contribution in [0.1, 0.15) is 0 Å². The van der Waals surface area contributed by atoms with Crippen LogP contribution in [0.4, 0.5) is 0 Å². The van der Waals surface area contributed by atoms with E-state index in [1.807, 2.05) is 72.0 Å². The molecule has 0 aliphatic rings. The molecular weight excluding hydrogens is 787 g/mol. The molecule has 0 unspecified atom stereocenters. The molecule has 0 saturated carbocycles. The summed E-state index contributed by atoms with van der Waals surface area (Å²) in [5.74, 6) is 1.93. The maximum absolute atomic E-state index is 5.04. The summed E-state index contributed by atoms with van der Waals surface area (Å²) in [6.07, 6.45) is 0. The van der Waals surface area contributed by atoms with Gasteiger partial charge in [0.15, 0.2) is 17.5 Å². The van der Waals surface area contributed by atoms with Gasteiger partial charge in [0.2, 0.25) is 0 Å². The van der Waals surface area contributed by atoms with Crippen LogP contribution in [0, 0.1) is 0 Å². The Labute approximate surface area is 366 Å². The third kappa shape index (κ3) is 5.66. The van der Waals surface area contributed by atoms with Crippen molar-refractivity contribution in [3.05, 3.63) is 212 Å². The zero-order chi connectivity index (χ0) is 41.4. The zero-order valence-corrected chi connectivity index (χ0v) is 34.7. The van der Waals surface area contributed by atoms with E-state index in [9.17, 15) is 0 Å². The van der Waals surface area contributed by atoms with E-state index in [1.54, 1.807) is 0 Å². The first-order valence-corrected chi connectivity index (χ1v) is 22.0. The monoisotopic (exact) mass is 821 g/mol. The molecule has 0 spiro atoms. The smallest absolute Gasteiger partial charge is 0.164 e.